The number of carbonyl (C=O) groups is 3. The summed E-state index contributed by atoms with van der Waals surface area (Å²) >= 11 is 1.35. The molecule has 0 saturated carbocycles. The number of pyridine rings is 1. The molecule has 2 heterocycles. The lowest BCUT2D eigenvalue weighted by Crippen LogP contribution is -2.38. The average molecular weight is 406 g/mol. The number of ether oxygens (including phenoxy) is 1. The van der Waals surface area contributed by atoms with E-state index in [1.807, 2.05) is 13.8 Å². The molecule has 0 atom stereocenters. The second kappa shape index (κ2) is 10.5. The molecule has 0 spiro atoms. The number of aromatic nitrogens is 2. The third kappa shape index (κ3) is 6.08. The van der Waals surface area contributed by atoms with Gasteiger partial charge >= 0.3 is 5.97 Å². The smallest absolute Gasteiger partial charge is 0.341 e. The number of rotatable bonds is 9. The molecule has 2 rings (SSSR count). The van der Waals surface area contributed by atoms with Crippen LogP contribution in [0.2, 0.25) is 0 Å². The van der Waals surface area contributed by atoms with Crippen molar-refractivity contribution in [2.24, 2.45) is 0 Å². The number of nitrogens with zero attached hydrogens (tertiary/aromatic N) is 2. The molecular formula is C18H22N4O5S. The number of amides is 2. The highest BCUT2D eigenvalue weighted by Crippen LogP contribution is 2.27. The molecule has 0 aromatic carbocycles. The fraction of sp³-hybridized carbons (Fsp3) is 0.389. The van der Waals surface area contributed by atoms with E-state index in [1.165, 1.54) is 11.8 Å². The van der Waals surface area contributed by atoms with Crippen LogP contribution < -0.4 is 10.6 Å². The largest absolute Gasteiger partial charge is 0.452 e. The zero-order chi connectivity index (χ0) is 20.5. The molecule has 0 radical (unpaired) electrons. The van der Waals surface area contributed by atoms with Crippen LogP contribution in [0.3, 0.4) is 0 Å². The Morgan fingerprint density at radius 3 is 2.68 bits per heavy atom. The van der Waals surface area contributed by atoms with Gasteiger partial charge in [-0.2, -0.15) is 0 Å². The van der Waals surface area contributed by atoms with Crippen molar-refractivity contribution in [2.45, 2.75) is 31.6 Å². The molecule has 0 aliphatic heterocycles. The lowest BCUT2D eigenvalue weighted by atomic mass is 10.2. The van der Waals surface area contributed by atoms with Crippen molar-refractivity contribution < 1.29 is 23.6 Å². The summed E-state index contributed by atoms with van der Waals surface area (Å²) in [6, 6.07) is 3.20. The predicted octanol–water partition coefficient (Wildman–Crippen LogP) is 1.39. The molecule has 10 heteroatoms. The van der Waals surface area contributed by atoms with Crippen LogP contribution in [0.4, 0.5) is 0 Å². The van der Waals surface area contributed by atoms with Crippen LogP contribution in [-0.2, 0) is 20.1 Å². The molecule has 0 saturated heterocycles. The monoisotopic (exact) mass is 406 g/mol. The molecule has 150 valence electrons. The van der Waals surface area contributed by atoms with Gasteiger partial charge in [-0.05, 0) is 32.9 Å². The average Bonchev–Trinajstić information content (AvgIpc) is 3.01. The van der Waals surface area contributed by atoms with Gasteiger partial charge in [-0.1, -0.05) is 5.16 Å². The fourth-order valence-corrected chi connectivity index (χ4v) is 3.34. The third-order valence-corrected chi connectivity index (χ3v) is 4.71. The van der Waals surface area contributed by atoms with E-state index in [0.717, 1.165) is 11.3 Å². The molecule has 28 heavy (non-hydrogen) atoms. The lowest BCUT2D eigenvalue weighted by Gasteiger charge is -2.09. The maximum absolute atomic E-state index is 12.3. The van der Waals surface area contributed by atoms with Crippen LogP contribution in [0.25, 0.3) is 0 Å². The molecular weight excluding hydrogens is 384 g/mol. The lowest BCUT2D eigenvalue weighted by molar-refractivity contribution is -0.127. The summed E-state index contributed by atoms with van der Waals surface area (Å²) in [4.78, 5) is 39.6. The van der Waals surface area contributed by atoms with Crippen LogP contribution in [-0.4, -0.2) is 47.6 Å². The highest BCUT2D eigenvalue weighted by molar-refractivity contribution is 7.98. The molecule has 0 bridgehead atoms. The van der Waals surface area contributed by atoms with E-state index in [0.29, 0.717) is 23.1 Å². The maximum atomic E-state index is 12.3. The Hall–Kier alpha value is -2.88. The van der Waals surface area contributed by atoms with Gasteiger partial charge in [-0.15, -0.1) is 11.8 Å². The summed E-state index contributed by atoms with van der Waals surface area (Å²) in [7, 11) is 0. The van der Waals surface area contributed by atoms with Gasteiger partial charge in [-0.3, -0.25) is 9.59 Å². The quantitative estimate of drug-likeness (QED) is 0.473. The highest BCUT2D eigenvalue weighted by Gasteiger charge is 2.17. The molecule has 0 fully saturated rings. The Kier molecular flexibility index (Phi) is 8.00. The first-order chi connectivity index (χ1) is 13.4. The van der Waals surface area contributed by atoms with Crippen molar-refractivity contribution in [3.8, 4) is 0 Å². The van der Waals surface area contributed by atoms with E-state index in [2.05, 4.69) is 20.8 Å². The van der Waals surface area contributed by atoms with Gasteiger partial charge < -0.3 is 19.9 Å². The summed E-state index contributed by atoms with van der Waals surface area (Å²) in [5, 5.41) is 9.31. The molecule has 0 aliphatic carbocycles. The number of likely N-dealkylation sites (N-methyl/N-ethyl adjacent to an activating group) is 1. The van der Waals surface area contributed by atoms with Gasteiger partial charge in [0.25, 0.3) is 5.91 Å². The number of aryl methyl sites for hydroxylation is 2. The number of hydrogen-bond donors (Lipinski definition) is 2. The van der Waals surface area contributed by atoms with Gasteiger partial charge in [0.05, 0.1) is 17.8 Å². The van der Waals surface area contributed by atoms with Crippen molar-refractivity contribution in [1.29, 1.82) is 0 Å². The number of esters is 1. The zero-order valence-electron chi connectivity index (χ0n) is 15.9. The second-order valence-electron chi connectivity index (χ2n) is 5.75. The van der Waals surface area contributed by atoms with Gasteiger partial charge in [0.2, 0.25) is 5.91 Å². The molecule has 0 aliphatic rings. The second-order valence-corrected chi connectivity index (χ2v) is 6.72. The number of carbonyl (C=O) groups excluding carboxylic acids is 3. The van der Waals surface area contributed by atoms with Crippen LogP contribution in [0.1, 0.15) is 34.3 Å². The van der Waals surface area contributed by atoms with Gasteiger partial charge in [0.15, 0.2) is 6.61 Å². The van der Waals surface area contributed by atoms with Gasteiger partial charge in [-0.25, -0.2) is 9.78 Å². The molecule has 2 aromatic heterocycles. The van der Waals surface area contributed by atoms with Crippen molar-refractivity contribution in [1.82, 2.24) is 20.8 Å². The summed E-state index contributed by atoms with van der Waals surface area (Å²) < 4.78 is 10.2. The first-order valence-corrected chi connectivity index (χ1v) is 9.61. The van der Waals surface area contributed by atoms with Gasteiger partial charge in [0.1, 0.15) is 10.8 Å². The van der Waals surface area contributed by atoms with Crippen molar-refractivity contribution >= 4 is 29.5 Å². The minimum atomic E-state index is -0.664. The molecule has 9 nitrogen and oxygen atoms in total. The van der Waals surface area contributed by atoms with E-state index in [-0.39, 0.29) is 18.0 Å². The van der Waals surface area contributed by atoms with E-state index < -0.39 is 18.5 Å². The SMILES string of the molecule is CCNC(=O)CNC(=O)COC(=O)c1cccnc1SCc1c(C)noc1C. The Labute approximate surface area is 166 Å². The van der Waals surface area contributed by atoms with Crippen LogP contribution in [0.5, 0.6) is 0 Å². The van der Waals surface area contributed by atoms with E-state index >= 15 is 0 Å². The summed E-state index contributed by atoms with van der Waals surface area (Å²) in [5.41, 5.74) is 1.99. The Morgan fingerprint density at radius 1 is 1.21 bits per heavy atom. The van der Waals surface area contributed by atoms with Crippen molar-refractivity contribution in [3.05, 3.63) is 40.9 Å². The first-order valence-electron chi connectivity index (χ1n) is 8.62. The summed E-state index contributed by atoms with van der Waals surface area (Å²) in [5.74, 6) is -0.289. The van der Waals surface area contributed by atoms with Crippen LogP contribution >= 0.6 is 11.8 Å². The molecule has 2 amide bonds. The third-order valence-electron chi connectivity index (χ3n) is 3.68. The normalized spacial score (nSPS) is 10.4. The Balaban J connectivity index is 1.91. The molecule has 0 unspecified atom stereocenters. The number of hydrogen-bond acceptors (Lipinski definition) is 8. The topological polar surface area (TPSA) is 123 Å². The zero-order valence-corrected chi connectivity index (χ0v) is 16.7. The predicted molar refractivity (Wildman–Crippen MR) is 102 cm³/mol. The number of thioether (sulfide) groups is 1. The highest BCUT2D eigenvalue weighted by atomic mass is 32.2. The molecule has 2 aromatic rings. The van der Waals surface area contributed by atoms with E-state index in [9.17, 15) is 14.4 Å². The van der Waals surface area contributed by atoms with Crippen molar-refractivity contribution in [2.75, 3.05) is 19.7 Å². The molecule has 2 N–H and O–H groups in total. The fourth-order valence-electron chi connectivity index (χ4n) is 2.21. The summed E-state index contributed by atoms with van der Waals surface area (Å²) in [6.07, 6.45) is 1.57. The maximum Gasteiger partial charge on any atom is 0.341 e. The summed E-state index contributed by atoms with van der Waals surface area (Å²) in [6.45, 7) is 5.26. The van der Waals surface area contributed by atoms with E-state index in [1.54, 1.807) is 25.3 Å². The first kappa shape index (κ1) is 21.4. The van der Waals surface area contributed by atoms with Crippen LogP contribution in [0.15, 0.2) is 27.9 Å². The van der Waals surface area contributed by atoms with Crippen molar-refractivity contribution in [3.63, 3.8) is 0 Å². The van der Waals surface area contributed by atoms with E-state index in [4.69, 9.17) is 9.26 Å². The standard InChI is InChI=1S/C18H22N4O5S/c1-4-19-15(23)8-21-16(24)9-26-18(25)13-6-5-7-20-17(13)28-10-14-11(2)22-27-12(14)3/h5-7H,4,8-10H2,1-3H3,(H,19,23)(H,21,24). The van der Waals surface area contributed by atoms with Crippen LogP contribution in [0, 0.1) is 13.8 Å². The minimum Gasteiger partial charge on any atom is -0.452 e. The van der Waals surface area contributed by atoms with Gasteiger partial charge in [0, 0.05) is 24.1 Å². The minimum absolute atomic E-state index is 0.171. The number of nitrogens with one attached hydrogen (secondary N) is 2. The Bertz CT molecular complexity index is 833. The Morgan fingerprint density at radius 2 is 2.00 bits per heavy atom.